The summed E-state index contributed by atoms with van der Waals surface area (Å²) in [5, 5.41) is 8.82. The van der Waals surface area contributed by atoms with Crippen LogP contribution in [0.15, 0.2) is 24.3 Å². The first-order valence-electron chi connectivity index (χ1n) is 6.18. The predicted molar refractivity (Wildman–Crippen MR) is 71.9 cm³/mol. The molecule has 0 fully saturated rings. The summed E-state index contributed by atoms with van der Waals surface area (Å²) in [5.74, 6) is 1.10. The van der Waals surface area contributed by atoms with E-state index in [1.54, 1.807) is 0 Å². The van der Waals surface area contributed by atoms with Gasteiger partial charge in [0.25, 0.3) is 0 Å². The summed E-state index contributed by atoms with van der Waals surface area (Å²) in [6, 6.07) is 7.86. The van der Waals surface area contributed by atoms with Crippen molar-refractivity contribution in [3.05, 3.63) is 34.8 Å². The molecule has 0 aromatic heterocycles. The Bertz CT molecular complexity index is 393. The van der Waals surface area contributed by atoms with Gasteiger partial charge in [-0.1, -0.05) is 26.0 Å². The van der Waals surface area contributed by atoms with Crippen molar-refractivity contribution in [2.45, 2.75) is 26.2 Å². The summed E-state index contributed by atoms with van der Waals surface area (Å²) < 4.78 is 0. The Morgan fingerprint density at radius 2 is 2.06 bits per heavy atom. The average Bonchev–Trinajstić information content (AvgIpc) is 2.29. The van der Waals surface area contributed by atoms with Crippen LogP contribution in [0.25, 0.3) is 4.98 Å². The Hall–Kier alpha value is -1.40. The van der Waals surface area contributed by atoms with Crippen molar-refractivity contribution >= 4 is 5.69 Å². The van der Waals surface area contributed by atoms with Crippen LogP contribution >= 0.6 is 0 Å². The first-order chi connectivity index (χ1) is 8.08. The highest BCUT2D eigenvalue weighted by Gasteiger charge is 2.20. The molecule has 3 heteroatoms. The van der Waals surface area contributed by atoms with Crippen molar-refractivity contribution in [3.63, 3.8) is 0 Å². The number of hydrogen-bond acceptors (Lipinski definition) is 2. The lowest BCUT2D eigenvalue weighted by Crippen LogP contribution is -2.24. The molecule has 0 radical (unpaired) electrons. The summed E-state index contributed by atoms with van der Waals surface area (Å²) >= 11 is 0. The predicted octanol–water partition coefficient (Wildman–Crippen LogP) is 3.86. The van der Waals surface area contributed by atoms with Gasteiger partial charge in [0.2, 0.25) is 5.39 Å². The van der Waals surface area contributed by atoms with Crippen LogP contribution in [0.1, 0.15) is 31.7 Å². The largest absolute Gasteiger partial charge is 0.385 e. The second kappa shape index (κ2) is 6.36. The fourth-order valence-corrected chi connectivity index (χ4v) is 2.49. The van der Waals surface area contributed by atoms with E-state index in [2.05, 4.69) is 43.9 Å². The Morgan fingerprint density at radius 1 is 1.35 bits per heavy atom. The Kier molecular flexibility index (Phi) is 5.11. The van der Waals surface area contributed by atoms with Gasteiger partial charge < -0.3 is 4.90 Å². The number of diazo groups is 1. The van der Waals surface area contributed by atoms with Gasteiger partial charge in [-0.15, -0.1) is 0 Å². The van der Waals surface area contributed by atoms with Crippen molar-refractivity contribution in [3.8, 4) is 0 Å². The lowest BCUT2D eigenvalue weighted by molar-refractivity contribution is 0.301. The molecule has 0 bridgehead atoms. The molecule has 3 nitrogen and oxygen atoms in total. The third-order valence-corrected chi connectivity index (χ3v) is 3.19. The fraction of sp³-hybridized carbons (Fsp3) is 0.571. The lowest BCUT2D eigenvalue weighted by atomic mass is 9.85. The van der Waals surface area contributed by atoms with E-state index in [1.165, 1.54) is 5.56 Å². The third-order valence-electron chi connectivity index (χ3n) is 3.19. The molecule has 0 saturated carbocycles. The second-order valence-electron chi connectivity index (χ2n) is 4.95. The zero-order valence-corrected chi connectivity index (χ0v) is 11.2. The van der Waals surface area contributed by atoms with E-state index in [0.29, 0.717) is 17.5 Å². The number of nitrogens with zero attached hydrogens (tertiary/aromatic N) is 3. The second-order valence-corrected chi connectivity index (χ2v) is 4.95. The summed E-state index contributed by atoms with van der Waals surface area (Å²) in [7, 11) is 4.20. The van der Waals surface area contributed by atoms with E-state index in [0.717, 1.165) is 13.0 Å². The van der Waals surface area contributed by atoms with Crippen molar-refractivity contribution < 1.29 is 0 Å². The molecule has 0 heterocycles. The van der Waals surface area contributed by atoms with Crippen LogP contribution < -0.4 is 0 Å². The van der Waals surface area contributed by atoms with Crippen LogP contribution in [0, 0.1) is 11.3 Å². The lowest BCUT2D eigenvalue weighted by Gasteiger charge is -2.25. The highest BCUT2D eigenvalue weighted by atomic mass is 15.1. The molecule has 0 aliphatic carbocycles. The first kappa shape index (κ1) is 13.7. The Balaban J connectivity index is 2.89. The summed E-state index contributed by atoms with van der Waals surface area (Å²) in [4.78, 5) is 5.47. The van der Waals surface area contributed by atoms with E-state index < -0.39 is 0 Å². The van der Waals surface area contributed by atoms with Crippen molar-refractivity contribution in [2.75, 3.05) is 20.6 Å². The first-order valence-corrected chi connectivity index (χ1v) is 6.18. The fourth-order valence-electron chi connectivity index (χ4n) is 2.49. The minimum atomic E-state index is 0.513. The van der Waals surface area contributed by atoms with Crippen LogP contribution in [0.3, 0.4) is 0 Å². The highest BCUT2D eigenvalue weighted by molar-refractivity contribution is 5.46. The van der Waals surface area contributed by atoms with E-state index >= 15 is 0 Å². The monoisotopic (exact) mass is 232 g/mol. The third kappa shape index (κ3) is 3.83. The molecule has 17 heavy (non-hydrogen) atoms. The molecule has 0 saturated heterocycles. The van der Waals surface area contributed by atoms with Gasteiger partial charge >= 0.3 is 5.69 Å². The molecular formula is C14H22N3+. The smallest absolute Gasteiger partial charge is 0.309 e. The zero-order valence-electron chi connectivity index (χ0n) is 11.2. The number of rotatable bonds is 5. The van der Waals surface area contributed by atoms with Gasteiger partial charge in [0.1, 0.15) is 0 Å². The van der Waals surface area contributed by atoms with Crippen molar-refractivity contribution in [1.29, 1.82) is 5.39 Å². The zero-order chi connectivity index (χ0) is 12.8. The quantitative estimate of drug-likeness (QED) is 0.722. The van der Waals surface area contributed by atoms with Gasteiger partial charge in [0.15, 0.2) is 4.98 Å². The maximum atomic E-state index is 8.82. The van der Waals surface area contributed by atoms with E-state index in [9.17, 15) is 0 Å². The normalized spacial score (nSPS) is 14.4. The topological polar surface area (TPSA) is 31.4 Å². The molecule has 92 valence electrons. The molecule has 0 spiro atoms. The van der Waals surface area contributed by atoms with E-state index in [-0.39, 0.29) is 0 Å². The highest BCUT2D eigenvalue weighted by Crippen LogP contribution is 2.30. The van der Waals surface area contributed by atoms with Crippen LogP contribution in [-0.4, -0.2) is 25.5 Å². The van der Waals surface area contributed by atoms with Crippen molar-refractivity contribution in [2.24, 2.45) is 5.92 Å². The number of benzene rings is 1. The SMILES string of the molecule is CC[C@@H](c1cccc([N+]#N)c1)[C@@H](C)CN(C)C. The maximum Gasteiger partial charge on any atom is 0.385 e. The summed E-state index contributed by atoms with van der Waals surface area (Å²) in [5.41, 5.74) is 1.90. The Labute approximate surface area is 104 Å². The minimum Gasteiger partial charge on any atom is -0.309 e. The molecule has 0 unspecified atom stereocenters. The van der Waals surface area contributed by atoms with E-state index in [4.69, 9.17) is 5.39 Å². The van der Waals surface area contributed by atoms with Gasteiger partial charge in [-0.05, 0) is 37.9 Å². The average molecular weight is 232 g/mol. The van der Waals surface area contributed by atoms with Gasteiger partial charge in [0, 0.05) is 18.7 Å². The molecule has 0 aliphatic heterocycles. The van der Waals surface area contributed by atoms with Crippen LogP contribution in [0.4, 0.5) is 5.69 Å². The molecule has 0 aliphatic rings. The van der Waals surface area contributed by atoms with Gasteiger partial charge in [-0.2, -0.15) is 0 Å². The molecule has 1 aromatic rings. The molecule has 2 atom stereocenters. The minimum absolute atomic E-state index is 0.513. The molecule has 1 aromatic carbocycles. The van der Waals surface area contributed by atoms with Crippen LogP contribution in [0.2, 0.25) is 0 Å². The molecule has 1 rings (SSSR count). The van der Waals surface area contributed by atoms with Crippen molar-refractivity contribution in [1.82, 2.24) is 4.90 Å². The molecular weight excluding hydrogens is 210 g/mol. The molecule has 0 N–H and O–H groups in total. The number of hydrogen-bond donors (Lipinski definition) is 0. The Morgan fingerprint density at radius 3 is 2.59 bits per heavy atom. The summed E-state index contributed by atoms with van der Waals surface area (Å²) in [6.07, 6.45) is 1.10. The van der Waals surface area contributed by atoms with Gasteiger partial charge in [-0.3, -0.25) is 0 Å². The standard InChI is InChI=1S/C14H22N3/c1-5-14(11(2)10-17(3)4)12-7-6-8-13(9-12)16-15/h6-9,11,14H,5,10H2,1-4H3/q+1/t11-,14+/m0/s1. The summed E-state index contributed by atoms with van der Waals surface area (Å²) in [6.45, 7) is 5.55. The maximum absolute atomic E-state index is 8.82. The van der Waals surface area contributed by atoms with Crippen LogP contribution in [0.5, 0.6) is 0 Å². The van der Waals surface area contributed by atoms with Gasteiger partial charge in [0.05, 0.1) is 0 Å². The molecule has 0 amide bonds. The van der Waals surface area contributed by atoms with Gasteiger partial charge in [-0.25, -0.2) is 0 Å². The van der Waals surface area contributed by atoms with Crippen LogP contribution in [-0.2, 0) is 0 Å². The van der Waals surface area contributed by atoms with E-state index in [1.807, 2.05) is 18.2 Å².